The second-order valence-electron chi connectivity index (χ2n) is 19.3. The second-order valence-corrected chi connectivity index (χ2v) is 23.5. The fourth-order valence-electron chi connectivity index (χ4n) is 8.82. The molecule has 0 aromatic heterocycles. The van der Waals surface area contributed by atoms with Crippen LogP contribution in [0.15, 0.2) is 23.8 Å². The summed E-state index contributed by atoms with van der Waals surface area (Å²) in [6.07, 6.45) is 31.7. The van der Waals surface area contributed by atoms with E-state index in [0.29, 0.717) is 76.2 Å². The van der Waals surface area contributed by atoms with Gasteiger partial charge in [-0.1, -0.05) is 186 Å². The Hall–Kier alpha value is -1.41. The van der Waals surface area contributed by atoms with Gasteiger partial charge in [0.2, 0.25) is 0 Å². The lowest BCUT2D eigenvalue weighted by Crippen LogP contribution is -2.31. The Balaban J connectivity index is 4.44. The maximum Gasteiger partial charge on any atom is 0.397 e. The van der Waals surface area contributed by atoms with E-state index in [0.717, 1.165) is 167 Å². The highest BCUT2D eigenvalue weighted by Crippen LogP contribution is 2.23. The largest absolute Gasteiger partial charge is 0.397 e. The molecule has 0 unspecified atom stereocenters. The van der Waals surface area contributed by atoms with Gasteiger partial charge in [0, 0.05) is 0 Å². The molecule has 0 saturated carbocycles. The van der Waals surface area contributed by atoms with Crippen LogP contribution >= 0.6 is 0 Å². The number of aliphatic hydroxyl groups excluding tert-OH is 1. The van der Waals surface area contributed by atoms with Crippen molar-refractivity contribution in [2.24, 2.45) is 0 Å². The quantitative estimate of drug-likeness (QED) is 0.0124. The normalized spacial score (nSPS) is 15.2. The summed E-state index contributed by atoms with van der Waals surface area (Å²) in [4.78, 5) is 11.7. The topological polar surface area (TPSA) is 292 Å². The van der Waals surface area contributed by atoms with E-state index < -0.39 is 72.1 Å². The van der Waals surface area contributed by atoms with Crippen LogP contribution < -0.4 is 0 Å². The Morgan fingerprint density at radius 1 is 0.389 bits per heavy atom. The van der Waals surface area contributed by atoms with E-state index in [2.05, 4.69) is 13.8 Å². The van der Waals surface area contributed by atoms with Crippen LogP contribution in [0, 0.1) is 0 Å². The first-order chi connectivity index (χ1) is 34.1. The molecule has 0 bridgehead atoms. The van der Waals surface area contributed by atoms with Crippen molar-refractivity contribution in [3.8, 4) is 0 Å². The highest BCUT2D eigenvalue weighted by molar-refractivity contribution is 7.81. The van der Waals surface area contributed by atoms with Crippen LogP contribution in [-0.4, -0.2) is 93.8 Å². The predicted molar refractivity (Wildman–Crippen MR) is 282 cm³/mol. The second kappa shape index (κ2) is 43.7. The number of carbonyl (C=O) groups excluding carboxylic acids is 1. The number of aliphatic hydroxyl groups is 1. The molecule has 22 heteroatoms. The molecule has 0 saturated heterocycles. The monoisotopic (exact) mass is 1110 g/mol. The first kappa shape index (κ1) is 70.6. The lowest BCUT2D eigenvalue weighted by atomic mass is 10.00. The molecule has 0 aromatic carbocycles. The minimum absolute atomic E-state index is 0.237. The van der Waals surface area contributed by atoms with Crippen molar-refractivity contribution in [3.63, 3.8) is 0 Å². The highest BCUT2D eigenvalue weighted by atomic mass is 32.3. The molecule has 0 spiro atoms. The summed E-state index contributed by atoms with van der Waals surface area (Å²) in [6, 6.07) is 0. The molecule has 0 fully saturated rings. The summed E-state index contributed by atoms with van der Waals surface area (Å²) in [5.41, 5.74) is 0.690. The van der Waals surface area contributed by atoms with Gasteiger partial charge in [0.25, 0.3) is 0 Å². The van der Waals surface area contributed by atoms with E-state index in [1.165, 1.54) is 0 Å². The molecule has 0 rings (SSSR count). The molecular weight excluding hydrogens is 1020 g/mol. The summed E-state index contributed by atoms with van der Waals surface area (Å²) < 4.78 is 147. The SMILES string of the molecule is CCCCCC[C@H](CCCCCCCCC[C@H](CCCCC/C(C=O)=C\CCC/C=C\CC[C@H](O)[C@H](CCCCCCCCC[C@H](CCCCCC)OS(=O)(=O)O)OS(=O)(=O)O)OS(=O)(=O)O)OS(=O)(=O)O. The van der Waals surface area contributed by atoms with Crippen LogP contribution in [-0.2, 0) is 63.1 Å². The minimum Gasteiger partial charge on any atom is -0.390 e. The van der Waals surface area contributed by atoms with Crippen molar-refractivity contribution in [1.82, 2.24) is 0 Å². The fourth-order valence-corrected chi connectivity index (χ4v) is 11.0. The summed E-state index contributed by atoms with van der Waals surface area (Å²) in [7, 11) is -18.4. The maximum atomic E-state index is 11.7. The molecule has 0 aromatic rings. The predicted octanol–water partition coefficient (Wildman–Crippen LogP) is 12.6. The molecule has 5 N–H and O–H groups in total. The van der Waals surface area contributed by atoms with Gasteiger partial charge in [-0.3, -0.25) is 23.0 Å². The van der Waals surface area contributed by atoms with Gasteiger partial charge in [0.1, 0.15) is 12.4 Å². The van der Waals surface area contributed by atoms with Crippen molar-refractivity contribution in [2.75, 3.05) is 0 Å². The number of hydrogen-bond acceptors (Lipinski definition) is 14. The molecule has 0 aliphatic carbocycles. The van der Waals surface area contributed by atoms with Gasteiger partial charge < -0.3 is 5.11 Å². The molecule has 72 heavy (non-hydrogen) atoms. The average Bonchev–Trinajstić information content (AvgIpc) is 3.28. The lowest BCUT2D eigenvalue weighted by molar-refractivity contribution is -0.105. The molecule has 18 nitrogen and oxygen atoms in total. The average molecular weight is 1110 g/mol. The Labute approximate surface area is 436 Å². The molecule has 0 radical (unpaired) electrons. The van der Waals surface area contributed by atoms with Crippen LogP contribution in [0.25, 0.3) is 0 Å². The summed E-state index contributed by atoms with van der Waals surface area (Å²) in [5, 5.41) is 10.7. The molecule has 0 amide bonds. The van der Waals surface area contributed by atoms with Crippen molar-refractivity contribution in [3.05, 3.63) is 23.8 Å². The molecule has 0 aliphatic heterocycles. The zero-order valence-electron chi connectivity index (χ0n) is 43.7. The van der Waals surface area contributed by atoms with Gasteiger partial charge in [-0.05, 0) is 95.5 Å². The first-order valence-corrected chi connectivity index (χ1v) is 32.6. The summed E-state index contributed by atoms with van der Waals surface area (Å²) >= 11 is 0. The molecule has 0 aliphatic rings. The van der Waals surface area contributed by atoms with Gasteiger partial charge in [0.15, 0.2) is 0 Å². The summed E-state index contributed by atoms with van der Waals surface area (Å²) in [6.45, 7) is 4.19. The van der Waals surface area contributed by atoms with Crippen LogP contribution in [0.2, 0.25) is 0 Å². The highest BCUT2D eigenvalue weighted by Gasteiger charge is 2.25. The van der Waals surface area contributed by atoms with Crippen molar-refractivity contribution >= 4 is 47.9 Å². The third-order valence-corrected chi connectivity index (χ3v) is 14.7. The van der Waals surface area contributed by atoms with E-state index in [1.807, 2.05) is 18.2 Å². The molecule has 5 atom stereocenters. The Morgan fingerprint density at radius 3 is 1.06 bits per heavy atom. The van der Waals surface area contributed by atoms with Gasteiger partial charge in [0.05, 0.1) is 24.4 Å². The van der Waals surface area contributed by atoms with Crippen LogP contribution in [0.4, 0.5) is 0 Å². The first-order valence-electron chi connectivity index (χ1n) is 27.2. The number of aldehydes is 1. The third kappa shape index (κ3) is 49.5. The van der Waals surface area contributed by atoms with Crippen LogP contribution in [0.1, 0.15) is 258 Å². The number of unbranched alkanes of at least 4 members (excludes halogenated alkanes) is 22. The van der Waals surface area contributed by atoms with Crippen molar-refractivity contribution in [1.29, 1.82) is 0 Å². The third-order valence-electron chi connectivity index (χ3n) is 12.7. The standard InChI is InChI=1S/C50H96O18S4/c1-3-5-7-26-36-46(65-69(53,54)55)38-28-18-11-9-12-19-30-40-48(67-71(59,60)61)41-31-23-25-35-45(44-51)34-24-17-15-16-21-32-42-49(52)50(68-72(62,63)64)43-33-22-14-10-13-20-29-39-47(66-70(56,57)58)37-27-8-6-4-2/h16,21,34,44,46-50,52H,3-15,17-20,22-33,35-43H2,1-2H3,(H,53,54,55)(H,56,57,58)(H,59,60,61)(H,62,63,64)/b21-16-,45-34+/t46-,47+,48-,49+,50+/m1/s1. The van der Waals surface area contributed by atoms with Crippen LogP contribution in [0.3, 0.4) is 0 Å². The maximum absolute atomic E-state index is 11.7. The zero-order valence-corrected chi connectivity index (χ0v) is 47.0. The molecule has 428 valence electrons. The van der Waals surface area contributed by atoms with Gasteiger partial charge >= 0.3 is 41.6 Å². The van der Waals surface area contributed by atoms with Crippen LogP contribution in [0.5, 0.6) is 0 Å². The number of hydrogen-bond donors (Lipinski definition) is 5. The van der Waals surface area contributed by atoms with E-state index in [4.69, 9.17) is 25.8 Å². The van der Waals surface area contributed by atoms with Crippen molar-refractivity contribution in [2.45, 2.75) is 288 Å². The minimum atomic E-state index is -4.76. The molecule has 0 heterocycles. The zero-order chi connectivity index (χ0) is 54.0. The number of allylic oxidation sites excluding steroid dienone is 4. The number of carbonyl (C=O) groups is 1. The van der Waals surface area contributed by atoms with Gasteiger partial charge in [-0.25, -0.2) is 16.7 Å². The lowest BCUT2D eigenvalue weighted by Gasteiger charge is -2.21. The Kier molecular flexibility index (Phi) is 42.8. The number of rotatable bonds is 53. The Morgan fingerprint density at radius 2 is 0.708 bits per heavy atom. The van der Waals surface area contributed by atoms with Crippen molar-refractivity contribution < 1.29 is 78.5 Å². The van der Waals surface area contributed by atoms with E-state index >= 15 is 0 Å². The van der Waals surface area contributed by atoms with E-state index in [9.17, 15) is 52.7 Å². The smallest absolute Gasteiger partial charge is 0.390 e. The molecular formula is C50H96O18S4. The fraction of sp³-hybridized carbons (Fsp3) is 0.900. The van der Waals surface area contributed by atoms with E-state index in [-0.39, 0.29) is 12.8 Å². The summed E-state index contributed by atoms with van der Waals surface area (Å²) in [5.74, 6) is 0. The van der Waals surface area contributed by atoms with Gasteiger partial charge in [-0.15, -0.1) is 0 Å². The van der Waals surface area contributed by atoms with Gasteiger partial charge in [-0.2, -0.15) is 33.7 Å². The Bertz CT molecular complexity index is 1840. The van der Waals surface area contributed by atoms with E-state index in [1.54, 1.807) is 0 Å².